The molecule has 0 radical (unpaired) electrons. The fourth-order valence-corrected chi connectivity index (χ4v) is 2.24. The molecule has 0 aromatic carbocycles. The van der Waals surface area contributed by atoms with Gasteiger partial charge in [-0.15, -0.1) is 11.3 Å². The van der Waals surface area contributed by atoms with Gasteiger partial charge in [-0.05, 0) is 6.92 Å². The predicted octanol–water partition coefficient (Wildman–Crippen LogP) is 1.19. The molecule has 110 valence electrons. The summed E-state index contributed by atoms with van der Waals surface area (Å²) >= 11 is 1.23. The fraction of sp³-hybridized carbons (Fsp3) is 0.583. The minimum absolute atomic E-state index is 0.0475. The topological polar surface area (TPSA) is 96.0 Å². The quantitative estimate of drug-likeness (QED) is 0.498. The summed E-state index contributed by atoms with van der Waals surface area (Å²) in [6.07, 6.45) is 1.45. The van der Waals surface area contributed by atoms with E-state index in [1.165, 1.54) is 11.3 Å². The van der Waals surface area contributed by atoms with Crippen LogP contribution in [-0.2, 0) is 19.1 Å². The molecular weight excluding hydrogens is 282 g/mol. The summed E-state index contributed by atoms with van der Waals surface area (Å²) in [4.78, 5) is 21.3. The second kappa shape index (κ2) is 7.20. The maximum atomic E-state index is 11.9. The number of aromatic nitrogens is 1. The highest BCUT2D eigenvalue weighted by atomic mass is 32.1. The van der Waals surface area contributed by atoms with Crippen LogP contribution >= 0.6 is 11.3 Å². The zero-order valence-corrected chi connectivity index (χ0v) is 12.0. The van der Waals surface area contributed by atoms with E-state index >= 15 is 0 Å². The zero-order chi connectivity index (χ0) is 14.4. The average Bonchev–Trinajstić information content (AvgIpc) is 2.87. The van der Waals surface area contributed by atoms with E-state index in [1.807, 2.05) is 0 Å². The van der Waals surface area contributed by atoms with Gasteiger partial charge in [0.2, 0.25) is 5.71 Å². The molecule has 1 aliphatic heterocycles. The van der Waals surface area contributed by atoms with Crippen LogP contribution in [0, 0.1) is 0 Å². The van der Waals surface area contributed by atoms with Crippen LogP contribution in [0.1, 0.15) is 25.5 Å². The summed E-state index contributed by atoms with van der Waals surface area (Å²) < 4.78 is 10.2. The summed E-state index contributed by atoms with van der Waals surface area (Å²) in [7, 11) is 0. The van der Waals surface area contributed by atoms with E-state index in [4.69, 9.17) is 20.0 Å². The monoisotopic (exact) mass is 299 g/mol. The van der Waals surface area contributed by atoms with E-state index in [1.54, 1.807) is 12.3 Å². The number of ether oxygens (including phenoxy) is 2. The van der Waals surface area contributed by atoms with Crippen molar-refractivity contribution in [1.29, 1.82) is 0 Å². The maximum absolute atomic E-state index is 11.9. The van der Waals surface area contributed by atoms with E-state index in [9.17, 15) is 4.79 Å². The molecule has 20 heavy (non-hydrogen) atoms. The second-order valence-corrected chi connectivity index (χ2v) is 5.04. The van der Waals surface area contributed by atoms with E-state index in [0.717, 1.165) is 12.8 Å². The number of nitrogens with zero attached hydrogens (tertiary/aromatic N) is 2. The Balaban J connectivity index is 2.10. The summed E-state index contributed by atoms with van der Waals surface area (Å²) in [6, 6.07) is 0. The van der Waals surface area contributed by atoms with Crippen LogP contribution in [0.4, 0.5) is 5.13 Å². The van der Waals surface area contributed by atoms with Crippen molar-refractivity contribution in [3.8, 4) is 0 Å². The molecular formula is C12H17N3O4S. The first-order valence-electron chi connectivity index (χ1n) is 6.40. The number of oxime groups is 1. The Morgan fingerprint density at radius 1 is 1.60 bits per heavy atom. The van der Waals surface area contributed by atoms with Crippen LogP contribution in [0.3, 0.4) is 0 Å². The minimum Gasteiger partial charge on any atom is -0.461 e. The number of carbonyl (C=O) groups excluding carboxylic acids is 1. The van der Waals surface area contributed by atoms with Gasteiger partial charge in [0.1, 0.15) is 11.8 Å². The number of anilines is 1. The van der Waals surface area contributed by atoms with E-state index in [-0.39, 0.29) is 18.4 Å². The number of esters is 1. The molecule has 1 aromatic heterocycles. The smallest absolute Gasteiger partial charge is 0.362 e. The van der Waals surface area contributed by atoms with Crippen LogP contribution in [-0.4, -0.2) is 42.6 Å². The predicted molar refractivity (Wildman–Crippen MR) is 74.6 cm³/mol. The van der Waals surface area contributed by atoms with E-state index in [2.05, 4.69) is 10.1 Å². The van der Waals surface area contributed by atoms with Crippen LogP contribution in [0.15, 0.2) is 10.5 Å². The van der Waals surface area contributed by atoms with Gasteiger partial charge in [-0.3, -0.25) is 0 Å². The van der Waals surface area contributed by atoms with Crippen LogP contribution in [0.5, 0.6) is 0 Å². The van der Waals surface area contributed by atoms with Gasteiger partial charge in [-0.2, -0.15) is 0 Å². The Kier molecular flexibility index (Phi) is 5.31. The molecule has 0 aliphatic carbocycles. The van der Waals surface area contributed by atoms with Gasteiger partial charge in [-0.25, -0.2) is 9.78 Å². The lowest BCUT2D eigenvalue weighted by molar-refractivity contribution is -0.135. The van der Waals surface area contributed by atoms with Crippen molar-refractivity contribution in [3.63, 3.8) is 0 Å². The third-order valence-electron chi connectivity index (χ3n) is 2.69. The summed E-state index contributed by atoms with van der Waals surface area (Å²) in [6.45, 7) is 3.26. The maximum Gasteiger partial charge on any atom is 0.362 e. The first-order chi connectivity index (χ1) is 9.70. The van der Waals surface area contributed by atoms with Crippen molar-refractivity contribution in [3.05, 3.63) is 11.1 Å². The number of carbonyl (C=O) groups is 1. The number of hydrogen-bond donors (Lipinski definition) is 1. The molecule has 0 bridgehead atoms. The van der Waals surface area contributed by atoms with Gasteiger partial charge >= 0.3 is 5.97 Å². The number of nitrogen functional groups attached to an aromatic ring is 1. The number of nitrogens with two attached hydrogens (primary N) is 1. The van der Waals surface area contributed by atoms with Crippen LogP contribution in [0.2, 0.25) is 0 Å². The first kappa shape index (κ1) is 14.7. The first-order valence-corrected chi connectivity index (χ1v) is 7.28. The average molecular weight is 299 g/mol. The molecule has 2 N–H and O–H groups in total. The highest BCUT2D eigenvalue weighted by Crippen LogP contribution is 2.15. The van der Waals surface area contributed by atoms with Gasteiger partial charge in [-0.1, -0.05) is 5.16 Å². The van der Waals surface area contributed by atoms with E-state index in [0.29, 0.717) is 24.0 Å². The molecule has 0 atom stereocenters. The molecule has 0 amide bonds. The van der Waals surface area contributed by atoms with Crippen LogP contribution < -0.4 is 5.73 Å². The lowest BCUT2D eigenvalue weighted by Crippen LogP contribution is -2.24. The van der Waals surface area contributed by atoms with Crippen LogP contribution in [0.25, 0.3) is 0 Å². The lowest BCUT2D eigenvalue weighted by atomic mass is 10.2. The normalized spacial score (nSPS) is 16.9. The lowest BCUT2D eigenvalue weighted by Gasteiger charge is -2.20. The molecule has 2 rings (SSSR count). The summed E-state index contributed by atoms with van der Waals surface area (Å²) in [5.41, 5.74) is 5.99. The van der Waals surface area contributed by atoms with Crippen molar-refractivity contribution >= 4 is 28.1 Å². The SMILES string of the molecule is CCOC(=O)/C(=N\OC1CCOCC1)c1csc(N)n1. The molecule has 7 nitrogen and oxygen atoms in total. The standard InChI is InChI=1S/C12H17N3O4S/c1-2-18-11(16)10(9-7-20-12(13)14-9)15-19-8-3-5-17-6-4-8/h7-8H,2-6H2,1H3,(H2,13,14)/b15-10-. The Labute approximate surface area is 120 Å². The molecule has 0 spiro atoms. The van der Waals surface area contributed by atoms with Gasteiger partial charge < -0.3 is 20.0 Å². The minimum atomic E-state index is -0.565. The number of rotatable bonds is 5. The molecule has 1 saturated heterocycles. The molecule has 1 fully saturated rings. The third kappa shape index (κ3) is 3.91. The largest absolute Gasteiger partial charge is 0.461 e. The fourth-order valence-electron chi connectivity index (χ4n) is 1.69. The molecule has 0 saturated carbocycles. The summed E-state index contributed by atoms with van der Waals surface area (Å²) in [5, 5.41) is 5.94. The molecule has 1 aromatic rings. The highest BCUT2D eigenvalue weighted by Gasteiger charge is 2.21. The molecule has 0 unspecified atom stereocenters. The van der Waals surface area contributed by atoms with Crippen molar-refractivity contribution in [2.45, 2.75) is 25.9 Å². The Morgan fingerprint density at radius 3 is 2.95 bits per heavy atom. The highest BCUT2D eigenvalue weighted by molar-refractivity contribution is 7.13. The Hall–Kier alpha value is -1.67. The van der Waals surface area contributed by atoms with Crippen molar-refractivity contribution in [2.75, 3.05) is 25.6 Å². The third-order valence-corrected chi connectivity index (χ3v) is 3.37. The Morgan fingerprint density at radius 2 is 2.35 bits per heavy atom. The number of hydrogen-bond acceptors (Lipinski definition) is 8. The molecule has 2 heterocycles. The van der Waals surface area contributed by atoms with Crippen molar-refractivity contribution in [2.24, 2.45) is 5.16 Å². The second-order valence-electron chi connectivity index (χ2n) is 4.15. The molecule has 1 aliphatic rings. The van der Waals surface area contributed by atoms with Gasteiger partial charge in [0.15, 0.2) is 5.13 Å². The Bertz CT molecular complexity index is 483. The van der Waals surface area contributed by atoms with E-state index < -0.39 is 5.97 Å². The van der Waals surface area contributed by atoms with Gasteiger partial charge in [0, 0.05) is 18.2 Å². The van der Waals surface area contributed by atoms with Crippen molar-refractivity contribution < 1.29 is 19.1 Å². The number of thiazole rings is 1. The van der Waals surface area contributed by atoms with Gasteiger partial charge in [0.25, 0.3) is 0 Å². The molecule has 8 heteroatoms. The van der Waals surface area contributed by atoms with Gasteiger partial charge in [0.05, 0.1) is 19.8 Å². The van der Waals surface area contributed by atoms with Crippen molar-refractivity contribution in [1.82, 2.24) is 4.98 Å². The summed E-state index contributed by atoms with van der Waals surface area (Å²) in [5.74, 6) is -0.565. The zero-order valence-electron chi connectivity index (χ0n) is 11.2.